The highest BCUT2D eigenvalue weighted by molar-refractivity contribution is 7.80. The van der Waals surface area contributed by atoms with E-state index in [4.69, 9.17) is 17.0 Å². The highest BCUT2D eigenvalue weighted by Gasteiger charge is 2.35. The molecular weight excluding hydrogens is 204 g/mol. The van der Waals surface area contributed by atoms with Crippen molar-refractivity contribution in [3.05, 3.63) is 0 Å². The Labute approximate surface area is 86.5 Å². The predicted octanol–water partition coefficient (Wildman–Crippen LogP) is 0.0413. The molecule has 0 aromatic rings. The summed E-state index contributed by atoms with van der Waals surface area (Å²) in [6.45, 7) is 3.48. The average Bonchev–Trinajstić information content (AvgIpc) is 2.01. The third kappa shape index (κ3) is 2.14. The van der Waals surface area contributed by atoms with Gasteiger partial charge in [0.1, 0.15) is 10.8 Å². The minimum Gasteiger partial charge on any atom is -0.465 e. The lowest BCUT2D eigenvalue weighted by atomic mass is 10.1. The Kier molecular flexibility index (Phi) is 3.29. The van der Waals surface area contributed by atoms with Crippen molar-refractivity contribution in [2.45, 2.75) is 13.8 Å². The number of amidine groups is 1. The number of rotatable bonds is 2. The molecule has 5 nitrogen and oxygen atoms in total. The number of nitrogens with zero attached hydrogens (tertiary/aromatic N) is 1. The van der Waals surface area contributed by atoms with E-state index in [0.29, 0.717) is 5.84 Å². The van der Waals surface area contributed by atoms with Crippen molar-refractivity contribution in [1.29, 1.82) is 0 Å². The molecule has 1 heterocycles. The summed E-state index contributed by atoms with van der Waals surface area (Å²) < 4.78 is 4.70. The van der Waals surface area contributed by atoms with Crippen LogP contribution in [0.15, 0.2) is 4.99 Å². The Hall–Kier alpha value is -1.30. The summed E-state index contributed by atoms with van der Waals surface area (Å²) in [6.07, 6.45) is 0. The van der Waals surface area contributed by atoms with Gasteiger partial charge in [-0.15, -0.1) is 0 Å². The lowest BCUT2D eigenvalue weighted by Crippen LogP contribution is -2.46. The highest BCUT2D eigenvalue weighted by atomic mass is 32.1. The van der Waals surface area contributed by atoms with Crippen molar-refractivity contribution in [3.63, 3.8) is 0 Å². The summed E-state index contributed by atoms with van der Waals surface area (Å²) in [5.41, 5.74) is 0. The van der Waals surface area contributed by atoms with Gasteiger partial charge in [-0.25, -0.2) is 4.99 Å². The van der Waals surface area contributed by atoms with E-state index in [-0.39, 0.29) is 11.6 Å². The van der Waals surface area contributed by atoms with E-state index in [1.807, 2.05) is 0 Å². The maximum absolute atomic E-state index is 11.4. The van der Waals surface area contributed by atoms with Crippen LogP contribution in [0.4, 0.5) is 0 Å². The second-order valence-electron chi connectivity index (χ2n) is 2.71. The van der Waals surface area contributed by atoms with E-state index >= 15 is 0 Å². The molecule has 0 aromatic carbocycles. The Balaban J connectivity index is 2.84. The maximum atomic E-state index is 11.4. The smallest absolute Gasteiger partial charge is 0.325 e. The van der Waals surface area contributed by atoms with Gasteiger partial charge in [0, 0.05) is 0 Å². The number of nitrogens with one attached hydrogen (secondary N) is 1. The summed E-state index contributed by atoms with van der Waals surface area (Å²) in [6, 6.07) is 0. The summed E-state index contributed by atoms with van der Waals surface area (Å²) in [5.74, 6) is -1.79. The lowest BCUT2D eigenvalue weighted by Gasteiger charge is -2.18. The molecule has 0 aromatic heterocycles. The van der Waals surface area contributed by atoms with Crippen LogP contribution in [0, 0.1) is 5.92 Å². The van der Waals surface area contributed by atoms with Gasteiger partial charge in [0.25, 0.3) is 0 Å². The Bertz CT molecular complexity index is 325. The van der Waals surface area contributed by atoms with Crippen LogP contribution in [-0.2, 0) is 14.3 Å². The van der Waals surface area contributed by atoms with Crippen molar-refractivity contribution < 1.29 is 14.3 Å². The van der Waals surface area contributed by atoms with E-state index in [1.54, 1.807) is 13.8 Å². The first kappa shape index (κ1) is 10.8. The van der Waals surface area contributed by atoms with Crippen molar-refractivity contribution in [1.82, 2.24) is 5.32 Å². The van der Waals surface area contributed by atoms with Gasteiger partial charge in [-0.3, -0.25) is 9.59 Å². The number of aliphatic imine (C=N–C) groups is 1. The molecule has 1 N–H and O–H groups in total. The second kappa shape index (κ2) is 4.28. The fourth-order valence-electron chi connectivity index (χ4n) is 1.05. The molecule has 0 saturated heterocycles. The predicted molar refractivity (Wildman–Crippen MR) is 54.0 cm³/mol. The minimum absolute atomic E-state index is 0.0599. The molecule has 1 atom stereocenters. The van der Waals surface area contributed by atoms with Gasteiger partial charge in [0.15, 0.2) is 5.92 Å². The van der Waals surface area contributed by atoms with Gasteiger partial charge < -0.3 is 10.1 Å². The topological polar surface area (TPSA) is 67.8 Å². The van der Waals surface area contributed by atoms with Crippen LogP contribution in [0.3, 0.4) is 0 Å². The minimum atomic E-state index is -1.08. The van der Waals surface area contributed by atoms with Crippen LogP contribution in [-0.4, -0.2) is 29.3 Å². The fourth-order valence-corrected chi connectivity index (χ4v) is 1.39. The number of hydrogen-bond acceptors (Lipinski definition) is 4. The molecule has 1 aliphatic rings. The molecule has 0 radical (unpaired) electrons. The number of esters is 1. The number of thiocarbonyl (C=S) groups is 1. The van der Waals surface area contributed by atoms with Gasteiger partial charge in [-0.05, 0) is 13.8 Å². The number of hydrogen-bond donors (Lipinski definition) is 1. The molecular formula is C8H10N2O3S. The van der Waals surface area contributed by atoms with Gasteiger partial charge >= 0.3 is 5.97 Å². The van der Waals surface area contributed by atoms with Gasteiger partial charge in [0.2, 0.25) is 5.91 Å². The first-order valence-corrected chi connectivity index (χ1v) is 4.53. The fraction of sp³-hybridized carbons (Fsp3) is 0.500. The van der Waals surface area contributed by atoms with Crippen LogP contribution in [0.1, 0.15) is 13.8 Å². The molecule has 6 heteroatoms. The zero-order valence-corrected chi connectivity index (χ0v) is 8.68. The molecule has 14 heavy (non-hydrogen) atoms. The van der Waals surface area contributed by atoms with E-state index in [1.165, 1.54) is 0 Å². The molecule has 0 spiro atoms. The largest absolute Gasteiger partial charge is 0.465 e. The standard InChI is InChI=1S/C8H10N2O3S/c1-3-13-8(12)5-6(11)9-4(2)10-7(5)14/h5H,3H2,1-2H3,(H,9,10,11,14). The monoisotopic (exact) mass is 214 g/mol. The Morgan fingerprint density at radius 1 is 1.71 bits per heavy atom. The number of amides is 1. The molecule has 0 saturated carbocycles. The van der Waals surface area contributed by atoms with E-state index in [9.17, 15) is 9.59 Å². The van der Waals surface area contributed by atoms with Crippen LogP contribution < -0.4 is 5.32 Å². The van der Waals surface area contributed by atoms with Crippen molar-refractivity contribution in [2.75, 3.05) is 6.61 Å². The Morgan fingerprint density at radius 3 is 2.86 bits per heavy atom. The summed E-state index contributed by atoms with van der Waals surface area (Å²) in [4.78, 5) is 26.5. The van der Waals surface area contributed by atoms with Crippen LogP contribution in [0.25, 0.3) is 0 Å². The molecule has 1 aliphatic heterocycles. The van der Waals surface area contributed by atoms with E-state index in [0.717, 1.165) is 0 Å². The first-order valence-electron chi connectivity index (χ1n) is 4.13. The molecule has 0 bridgehead atoms. The van der Waals surface area contributed by atoms with Gasteiger partial charge in [-0.2, -0.15) is 0 Å². The van der Waals surface area contributed by atoms with Crippen molar-refractivity contribution in [2.24, 2.45) is 10.9 Å². The van der Waals surface area contributed by atoms with Crippen molar-refractivity contribution in [3.8, 4) is 0 Å². The molecule has 76 valence electrons. The Morgan fingerprint density at radius 2 is 2.36 bits per heavy atom. The summed E-state index contributed by atoms with van der Waals surface area (Å²) in [5, 5.41) is 2.42. The van der Waals surface area contributed by atoms with Crippen LogP contribution in [0.2, 0.25) is 0 Å². The zero-order chi connectivity index (χ0) is 10.7. The highest BCUT2D eigenvalue weighted by Crippen LogP contribution is 2.09. The molecule has 1 rings (SSSR count). The molecule has 1 amide bonds. The summed E-state index contributed by atoms with van der Waals surface area (Å²) >= 11 is 4.82. The molecule has 0 fully saturated rings. The van der Waals surface area contributed by atoms with Crippen LogP contribution in [0.5, 0.6) is 0 Å². The van der Waals surface area contributed by atoms with Gasteiger partial charge in [-0.1, -0.05) is 12.2 Å². The zero-order valence-electron chi connectivity index (χ0n) is 7.86. The summed E-state index contributed by atoms with van der Waals surface area (Å²) in [7, 11) is 0. The number of carbonyl (C=O) groups is 2. The van der Waals surface area contributed by atoms with Gasteiger partial charge in [0.05, 0.1) is 6.61 Å². The molecule has 1 unspecified atom stereocenters. The average molecular weight is 214 g/mol. The van der Waals surface area contributed by atoms with Crippen molar-refractivity contribution >= 4 is 34.9 Å². The van der Waals surface area contributed by atoms with E-state index < -0.39 is 17.8 Å². The van der Waals surface area contributed by atoms with Crippen LogP contribution >= 0.6 is 12.2 Å². The maximum Gasteiger partial charge on any atom is 0.325 e. The lowest BCUT2D eigenvalue weighted by molar-refractivity contribution is -0.148. The first-order chi connectivity index (χ1) is 6.56. The number of carbonyl (C=O) groups excluding carboxylic acids is 2. The van der Waals surface area contributed by atoms with E-state index in [2.05, 4.69) is 10.3 Å². The number of ether oxygens (including phenoxy) is 1. The normalized spacial score (nSPS) is 21.3. The molecule has 0 aliphatic carbocycles. The third-order valence-corrected chi connectivity index (χ3v) is 1.94. The third-order valence-electron chi connectivity index (χ3n) is 1.61. The second-order valence-corrected chi connectivity index (χ2v) is 3.13. The SMILES string of the molecule is CCOC(=O)C1C(=O)NC(C)=NC1=S. The quantitative estimate of drug-likeness (QED) is 0.400.